The lowest BCUT2D eigenvalue weighted by molar-refractivity contribution is 0.280. The molecule has 0 amide bonds. The minimum atomic E-state index is -0.0930. The molecule has 0 unspecified atom stereocenters. The molecule has 0 saturated heterocycles. The average Bonchev–Trinajstić information content (AvgIpc) is 2.44. The Morgan fingerprint density at radius 2 is 2.15 bits per heavy atom. The number of rotatable bonds is 1. The fourth-order valence-corrected chi connectivity index (χ4v) is 2.29. The van der Waals surface area contributed by atoms with Crippen LogP contribution in [0.15, 0.2) is 18.2 Å². The van der Waals surface area contributed by atoms with Gasteiger partial charge in [-0.3, -0.25) is 0 Å². The Morgan fingerprint density at radius 1 is 1.38 bits per heavy atom. The van der Waals surface area contributed by atoms with Gasteiger partial charge in [0.05, 0.1) is 11.5 Å². The van der Waals surface area contributed by atoms with Crippen molar-refractivity contribution in [2.24, 2.45) is 0 Å². The Balaban J connectivity index is 2.77. The van der Waals surface area contributed by atoms with Gasteiger partial charge in [-0.15, -0.1) is 11.3 Å². The molecule has 0 spiro atoms. The van der Waals surface area contributed by atoms with Crippen LogP contribution in [-0.4, -0.2) is 10.2 Å². The van der Waals surface area contributed by atoms with E-state index in [1.54, 1.807) is 0 Å². The minimum absolute atomic E-state index is 0.0930. The van der Waals surface area contributed by atoms with Crippen LogP contribution in [0.25, 0.3) is 10.1 Å². The molecule has 2 nitrogen and oxygen atoms in total. The molecular formula is C10H10O2S. The third-order valence-electron chi connectivity index (χ3n) is 2.03. The summed E-state index contributed by atoms with van der Waals surface area (Å²) in [5, 5.41) is 19.4. The van der Waals surface area contributed by atoms with Crippen molar-refractivity contribution in [1.82, 2.24) is 0 Å². The molecule has 2 aromatic rings. The second-order valence-electron chi connectivity index (χ2n) is 3.03. The number of hydrogen-bond acceptors (Lipinski definition) is 3. The highest BCUT2D eigenvalue weighted by Gasteiger charge is 2.09. The van der Waals surface area contributed by atoms with Gasteiger partial charge in [-0.25, -0.2) is 0 Å². The van der Waals surface area contributed by atoms with E-state index < -0.39 is 0 Å². The molecule has 2 N–H and O–H groups in total. The Bertz CT molecular complexity index is 445. The van der Waals surface area contributed by atoms with E-state index in [1.807, 2.05) is 25.1 Å². The van der Waals surface area contributed by atoms with Crippen molar-refractivity contribution in [3.63, 3.8) is 0 Å². The van der Waals surface area contributed by atoms with E-state index in [0.29, 0.717) is 4.88 Å². The lowest BCUT2D eigenvalue weighted by Gasteiger charge is -1.93. The van der Waals surface area contributed by atoms with Gasteiger partial charge in [-0.2, -0.15) is 0 Å². The summed E-state index contributed by atoms with van der Waals surface area (Å²) in [6, 6.07) is 5.90. The van der Waals surface area contributed by atoms with Gasteiger partial charge in [0, 0.05) is 10.1 Å². The van der Waals surface area contributed by atoms with Crippen LogP contribution < -0.4 is 0 Å². The van der Waals surface area contributed by atoms with E-state index >= 15 is 0 Å². The highest BCUT2D eigenvalue weighted by molar-refractivity contribution is 7.19. The maximum Gasteiger partial charge on any atom is 0.139 e. The van der Waals surface area contributed by atoms with Crippen LogP contribution in [0.2, 0.25) is 0 Å². The van der Waals surface area contributed by atoms with Crippen molar-refractivity contribution in [1.29, 1.82) is 0 Å². The first-order valence-electron chi connectivity index (χ1n) is 4.04. The van der Waals surface area contributed by atoms with Gasteiger partial charge in [0.25, 0.3) is 0 Å². The fraction of sp³-hybridized carbons (Fsp3) is 0.200. The molecule has 0 fully saturated rings. The number of aromatic hydroxyl groups is 1. The summed E-state index contributed by atoms with van der Waals surface area (Å²) in [7, 11) is 0. The lowest BCUT2D eigenvalue weighted by Crippen LogP contribution is -1.74. The highest BCUT2D eigenvalue weighted by atomic mass is 32.1. The molecule has 0 bridgehead atoms. The first kappa shape index (κ1) is 8.53. The standard InChI is InChI=1S/C10H10O2S/c1-6-2-3-8-7(4-6)10(12)9(5-11)13-8/h2-4,11-12H,5H2,1H3. The lowest BCUT2D eigenvalue weighted by atomic mass is 10.2. The van der Waals surface area contributed by atoms with Gasteiger partial charge in [-0.05, 0) is 19.1 Å². The van der Waals surface area contributed by atoms with Crippen molar-refractivity contribution in [2.45, 2.75) is 13.5 Å². The van der Waals surface area contributed by atoms with E-state index in [1.165, 1.54) is 11.3 Å². The molecule has 2 rings (SSSR count). The molecule has 1 aromatic carbocycles. The first-order valence-corrected chi connectivity index (χ1v) is 4.86. The van der Waals surface area contributed by atoms with Gasteiger partial charge >= 0.3 is 0 Å². The zero-order valence-electron chi connectivity index (χ0n) is 7.24. The van der Waals surface area contributed by atoms with E-state index in [4.69, 9.17) is 5.11 Å². The van der Waals surface area contributed by atoms with E-state index in [0.717, 1.165) is 15.6 Å². The number of aliphatic hydroxyl groups is 1. The van der Waals surface area contributed by atoms with Crippen molar-refractivity contribution in [3.8, 4) is 5.75 Å². The first-order chi connectivity index (χ1) is 6.22. The highest BCUT2D eigenvalue weighted by Crippen LogP contribution is 2.36. The van der Waals surface area contributed by atoms with Crippen LogP contribution in [0.1, 0.15) is 10.4 Å². The normalized spacial score (nSPS) is 10.9. The van der Waals surface area contributed by atoms with Gasteiger partial charge < -0.3 is 10.2 Å². The maximum absolute atomic E-state index is 9.66. The molecule has 68 valence electrons. The number of hydrogen-bond donors (Lipinski definition) is 2. The zero-order valence-corrected chi connectivity index (χ0v) is 8.06. The SMILES string of the molecule is Cc1ccc2sc(CO)c(O)c2c1. The molecule has 1 heterocycles. The predicted octanol–water partition coefficient (Wildman–Crippen LogP) is 2.41. The van der Waals surface area contributed by atoms with Gasteiger partial charge in [0.1, 0.15) is 5.75 Å². The second kappa shape index (κ2) is 3.01. The van der Waals surface area contributed by atoms with Crippen LogP contribution in [0.3, 0.4) is 0 Å². The summed E-state index contributed by atoms with van der Waals surface area (Å²) in [6.07, 6.45) is 0. The molecule has 0 aliphatic heterocycles. The van der Waals surface area contributed by atoms with Gasteiger partial charge in [-0.1, -0.05) is 11.6 Å². The summed E-state index contributed by atoms with van der Waals surface area (Å²) in [6.45, 7) is 1.89. The monoisotopic (exact) mass is 194 g/mol. The number of benzene rings is 1. The third kappa shape index (κ3) is 1.30. The molecule has 0 saturated carbocycles. The van der Waals surface area contributed by atoms with Gasteiger partial charge in [0.2, 0.25) is 0 Å². The minimum Gasteiger partial charge on any atom is -0.506 e. The Hall–Kier alpha value is -1.06. The van der Waals surface area contributed by atoms with Crippen molar-refractivity contribution in [3.05, 3.63) is 28.6 Å². The topological polar surface area (TPSA) is 40.5 Å². The summed E-state index contributed by atoms with van der Waals surface area (Å²) >= 11 is 1.43. The molecule has 13 heavy (non-hydrogen) atoms. The van der Waals surface area contributed by atoms with E-state index in [9.17, 15) is 5.11 Å². The Labute approximate surface area is 80.1 Å². The summed E-state index contributed by atoms with van der Waals surface area (Å²) in [4.78, 5) is 0.639. The molecule has 0 aliphatic carbocycles. The number of aliphatic hydroxyl groups excluding tert-OH is 1. The van der Waals surface area contributed by atoms with Crippen LogP contribution in [0.5, 0.6) is 5.75 Å². The summed E-state index contributed by atoms with van der Waals surface area (Å²) in [5.41, 5.74) is 1.12. The van der Waals surface area contributed by atoms with Crippen molar-refractivity contribution >= 4 is 21.4 Å². The average molecular weight is 194 g/mol. The largest absolute Gasteiger partial charge is 0.506 e. The Morgan fingerprint density at radius 3 is 2.85 bits per heavy atom. The number of thiophene rings is 1. The van der Waals surface area contributed by atoms with Crippen LogP contribution in [-0.2, 0) is 6.61 Å². The molecule has 1 aromatic heterocycles. The summed E-state index contributed by atoms with van der Waals surface area (Å²) in [5.74, 6) is 0.228. The predicted molar refractivity (Wildman–Crippen MR) is 54.1 cm³/mol. The molecule has 0 aliphatic rings. The zero-order chi connectivity index (χ0) is 9.42. The van der Waals surface area contributed by atoms with E-state index in [-0.39, 0.29) is 12.4 Å². The third-order valence-corrected chi connectivity index (χ3v) is 3.18. The maximum atomic E-state index is 9.66. The van der Waals surface area contributed by atoms with Crippen molar-refractivity contribution < 1.29 is 10.2 Å². The molecular weight excluding hydrogens is 184 g/mol. The van der Waals surface area contributed by atoms with Crippen LogP contribution in [0, 0.1) is 6.92 Å². The second-order valence-corrected chi connectivity index (χ2v) is 4.17. The smallest absolute Gasteiger partial charge is 0.139 e. The van der Waals surface area contributed by atoms with Crippen molar-refractivity contribution in [2.75, 3.05) is 0 Å². The van der Waals surface area contributed by atoms with Crippen LogP contribution >= 0.6 is 11.3 Å². The number of fused-ring (bicyclic) bond motifs is 1. The molecule has 0 atom stereocenters. The fourth-order valence-electron chi connectivity index (χ4n) is 1.36. The number of aryl methyl sites for hydroxylation is 1. The summed E-state index contributed by atoms with van der Waals surface area (Å²) < 4.78 is 1.02. The van der Waals surface area contributed by atoms with Crippen LogP contribution in [0.4, 0.5) is 0 Å². The van der Waals surface area contributed by atoms with E-state index in [2.05, 4.69) is 0 Å². The molecule has 0 radical (unpaired) electrons. The Kier molecular flexibility index (Phi) is 1.98. The van der Waals surface area contributed by atoms with Gasteiger partial charge in [0.15, 0.2) is 0 Å². The quantitative estimate of drug-likeness (QED) is 0.731. The molecule has 3 heteroatoms.